The number of hydrogen-bond donors (Lipinski definition) is 0. The minimum Gasteiger partial charge on any atom is -0.493 e. The Labute approximate surface area is 157 Å². The average molecular weight is 363 g/mol. The Morgan fingerprint density at radius 2 is 2.00 bits per heavy atom. The van der Waals surface area contributed by atoms with Gasteiger partial charge in [-0.2, -0.15) is 0 Å². The quantitative estimate of drug-likeness (QED) is 0.604. The standard InChI is InChI=1S/C21H21N3O3/c25-21(27-12-9-17-6-7-20-18(14-17)10-13-26-20)19-15-24(23-22-19)11-8-16-4-2-1-3-5-16/h1-7,14-15H,8-13H2. The molecular formula is C21H21N3O3. The zero-order chi connectivity index (χ0) is 18.5. The van der Waals surface area contributed by atoms with E-state index in [-0.39, 0.29) is 5.69 Å². The van der Waals surface area contributed by atoms with Crippen molar-refractivity contribution in [3.05, 3.63) is 77.1 Å². The third kappa shape index (κ3) is 4.34. The summed E-state index contributed by atoms with van der Waals surface area (Å²) in [5.74, 6) is 0.522. The molecule has 0 saturated carbocycles. The zero-order valence-corrected chi connectivity index (χ0v) is 15.0. The van der Waals surface area contributed by atoms with Crippen LogP contribution in [0.1, 0.15) is 27.2 Å². The van der Waals surface area contributed by atoms with Gasteiger partial charge >= 0.3 is 5.97 Å². The van der Waals surface area contributed by atoms with Crippen molar-refractivity contribution in [2.45, 2.75) is 25.8 Å². The molecule has 0 bridgehead atoms. The monoisotopic (exact) mass is 363 g/mol. The number of fused-ring (bicyclic) bond motifs is 1. The van der Waals surface area contributed by atoms with Gasteiger partial charge in [-0.05, 0) is 29.2 Å². The molecule has 2 heterocycles. The first-order valence-corrected chi connectivity index (χ1v) is 9.14. The molecule has 6 heteroatoms. The maximum absolute atomic E-state index is 12.2. The van der Waals surface area contributed by atoms with Gasteiger partial charge in [-0.3, -0.25) is 4.68 Å². The van der Waals surface area contributed by atoms with E-state index in [4.69, 9.17) is 9.47 Å². The van der Waals surface area contributed by atoms with E-state index in [1.165, 1.54) is 11.1 Å². The molecular weight excluding hydrogens is 342 g/mol. The SMILES string of the molecule is O=C(OCCc1ccc2c(c1)CCO2)c1cn(CCc2ccccc2)nn1. The molecule has 2 aromatic carbocycles. The molecule has 0 N–H and O–H groups in total. The number of esters is 1. The molecule has 3 aromatic rings. The molecule has 0 aliphatic carbocycles. The Balaban J connectivity index is 1.25. The van der Waals surface area contributed by atoms with E-state index in [0.717, 1.165) is 30.8 Å². The summed E-state index contributed by atoms with van der Waals surface area (Å²) in [4.78, 5) is 12.2. The van der Waals surface area contributed by atoms with Crippen molar-refractivity contribution in [1.82, 2.24) is 15.0 Å². The zero-order valence-electron chi connectivity index (χ0n) is 15.0. The van der Waals surface area contributed by atoms with Crippen LogP contribution >= 0.6 is 0 Å². The van der Waals surface area contributed by atoms with Gasteiger partial charge in [0.2, 0.25) is 0 Å². The molecule has 1 aromatic heterocycles. The summed E-state index contributed by atoms with van der Waals surface area (Å²) in [7, 11) is 0. The minimum absolute atomic E-state index is 0.241. The highest BCUT2D eigenvalue weighted by Gasteiger charge is 2.14. The van der Waals surface area contributed by atoms with Gasteiger partial charge in [0, 0.05) is 19.4 Å². The fraction of sp³-hybridized carbons (Fsp3) is 0.286. The van der Waals surface area contributed by atoms with Gasteiger partial charge in [0.25, 0.3) is 0 Å². The smallest absolute Gasteiger partial charge is 0.360 e. The van der Waals surface area contributed by atoms with E-state index in [1.54, 1.807) is 10.9 Å². The van der Waals surface area contributed by atoms with Crippen LogP contribution in [0.2, 0.25) is 0 Å². The van der Waals surface area contributed by atoms with Gasteiger partial charge in [-0.15, -0.1) is 5.10 Å². The normalized spacial score (nSPS) is 12.4. The molecule has 0 amide bonds. The Kier molecular flexibility index (Phi) is 5.14. The lowest BCUT2D eigenvalue weighted by Crippen LogP contribution is -2.09. The van der Waals surface area contributed by atoms with E-state index >= 15 is 0 Å². The van der Waals surface area contributed by atoms with E-state index < -0.39 is 5.97 Å². The molecule has 0 atom stereocenters. The highest BCUT2D eigenvalue weighted by atomic mass is 16.5. The number of aryl methyl sites for hydroxylation is 2. The molecule has 138 valence electrons. The van der Waals surface area contributed by atoms with Gasteiger partial charge in [-0.1, -0.05) is 47.7 Å². The second-order valence-electron chi connectivity index (χ2n) is 6.53. The molecule has 0 spiro atoms. The topological polar surface area (TPSA) is 66.2 Å². The number of carbonyl (C=O) groups is 1. The summed E-state index contributed by atoms with van der Waals surface area (Å²) >= 11 is 0. The van der Waals surface area contributed by atoms with Crippen molar-refractivity contribution in [1.29, 1.82) is 0 Å². The maximum Gasteiger partial charge on any atom is 0.360 e. The van der Waals surface area contributed by atoms with Crippen molar-refractivity contribution in [2.24, 2.45) is 0 Å². The van der Waals surface area contributed by atoms with E-state index in [2.05, 4.69) is 28.5 Å². The number of benzene rings is 2. The van der Waals surface area contributed by atoms with Gasteiger partial charge in [0.1, 0.15) is 5.75 Å². The molecule has 0 fully saturated rings. The Hall–Kier alpha value is -3.15. The predicted octanol–water partition coefficient (Wildman–Crippen LogP) is 2.86. The molecule has 4 rings (SSSR count). The highest BCUT2D eigenvalue weighted by Crippen LogP contribution is 2.25. The fourth-order valence-electron chi connectivity index (χ4n) is 3.12. The molecule has 27 heavy (non-hydrogen) atoms. The second kappa shape index (κ2) is 8.03. The number of rotatable bonds is 7. The summed E-state index contributed by atoms with van der Waals surface area (Å²) in [6.07, 6.45) is 4.08. The van der Waals surface area contributed by atoms with Crippen molar-refractivity contribution in [2.75, 3.05) is 13.2 Å². The highest BCUT2D eigenvalue weighted by molar-refractivity contribution is 5.86. The van der Waals surface area contributed by atoms with Crippen LogP contribution in [0, 0.1) is 0 Å². The van der Waals surface area contributed by atoms with Gasteiger partial charge < -0.3 is 9.47 Å². The lowest BCUT2D eigenvalue weighted by atomic mass is 10.1. The van der Waals surface area contributed by atoms with Gasteiger partial charge in [-0.25, -0.2) is 4.79 Å². The largest absolute Gasteiger partial charge is 0.493 e. The Bertz CT molecular complexity index is 921. The third-order valence-corrected chi connectivity index (χ3v) is 4.60. The maximum atomic E-state index is 12.2. The van der Waals surface area contributed by atoms with Crippen LogP contribution < -0.4 is 4.74 Å². The first-order chi connectivity index (χ1) is 13.3. The summed E-state index contributed by atoms with van der Waals surface area (Å²) in [5.41, 5.74) is 3.82. The average Bonchev–Trinajstić information content (AvgIpc) is 3.36. The summed E-state index contributed by atoms with van der Waals surface area (Å²) in [6.45, 7) is 1.73. The van der Waals surface area contributed by atoms with E-state index in [1.807, 2.05) is 30.3 Å². The number of carbonyl (C=O) groups excluding carboxylic acids is 1. The van der Waals surface area contributed by atoms with Gasteiger partial charge in [0.15, 0.2) is 5.69 Å². The van der Waals surface area contributed by atoms with Crippen molar-refractivity contribution in [3.63, 3.8) is 0 Å². The Morgan fingerprint density at radius 1 is 1.11 bits per heavy atom. The van der Waals surface area contributed by atoms with Crippen LogP contribution in [-0.4, -0.2) is 34.2 Å². The number of ether oxygens (including phenoxy) is 2. The van der Waals surface area contributed by atoms with Crippen LogP contribution in [0.15, 0.2) is 54.7 Å². The van der Waals surface area contributed by atoms with Crippen molar-refractivity contribution in [3.8, 4) is 5.75 Å². The first kappa shape index (κ1) is 17.3. The van der Waals surface area contributed by atoms with Crippen LogP contribution in [0.5, 0.6) is 5.75 Å². The summed E-state index contributed by atoms with van der Waals surface area (Å²) in [5, 5.41) is 7.93. The lowest BCUT2D eigenvalue weighted by Gasteiger charge is -2.05. The number of aromatic nitrogens is 3. The Morgan fingerprint density at radius 3 is 2.89 bits per heavy atom. The van der Waals surface area contributed by atoms with Crippen LogP contribution in [0.25, 0.3) is 0 Å². The molecule has 6 nitrogen and oxygen atoms in total. The van der Waals surface area contributed by atoms with E-state index in [0.29, 0.717) is 19.6 Å². The second-order valence-corrected chi connectivity index (χ2v) is 6.53. The molecule has 1 aliphatic rings. The van der Waals surface area contributed by atoms with Crippen molar-refractivity contribution < 1.29 is 14.3 Å². The fourth-order valence-corrected chi connectivity index (χ4v) is 3.12. The minimum atomic E-state index is -0.439. The molecule has 0 saturated heterocycles. The third-order valence-electron chi connectivity index (χ3n) is 4.60. The van der Waals surface area contributed by atoms with E-state index in [9.17, 15) is 4.79 Å². The number of hydrogen-bond acceptors (Lipinski definition) is 5. The first-order valence-electron chi connectivity index (χ1n) is 9.14. The lowest BCUT2D eigenvalue weighted by molar-refractivity contribution is 0.0502. The number of nitrogens with zero attached hydrogens (tertiary/aromatic N) is 3. The van der Waals surface area contributed by atoms with Crippen LogP contribution in [-0.2, 0) is 30.5 Å². The summed E-state index contributed by atoms with van der Waals surface area (Å²) in [6, 6.07) is 16.3. The summed E-state index contributed by atoms with van der Waals surface area (Å²) < 4.78 is 12.5. The molecule has 1 aliphatic heterocycles. The van der Waals surface area contributed by atoms with Crippen LogP contribution in [0.4, 0.5) is 0 Å². The molecule has 0 unspecified atom stereocenters. The van der Waals surface area contributed by atoms with Gasteiger partial charge in [0.05, 0.1) is 19.4 Å². The van der Waals surface area contributed by atoms with Crippen molar-refractivity contribution >= 4 is 5.97 Å². The predicted molar refractivity (Wildman–Crippen MR) is 99.8 cm³/mol. The van der Waals surface area contributed by atoms with Crippen LogP contribution in [0.3, 0.4) is 0 Å². The molecule has 0 radical (unpaired) electrons.